The van der Waals surface area contributed by atoms with Crippen LogP contribution in [0.5, 0.6) is 23.0 Å². The van der Waals surface area contributed by atoms with E-state index in [4.69, 9.17) is 73.9 Å². The Morgan fingerprint density at radius 3 is 1.09 bits per heavy atom. The SMILES string of the molecule is C.CN(CCCOc1ccc2nc(C#N)ccc2c1)C(=O)OC(C)(C)C.CN(CCCOc1ccc2nc(C3=N[C@@H](C(=O)O)CS3)ccc2c1)C(=O)OC(C)(C)C.CNCCCOc1ccc2nc(C3=N[C@@H](C(=O)OC)CS3)ccc2c1.COC(=O)[C@H]1CSC(c2ccc3cc(OCCCN(C)C(=O)OC(C)(C)C)ccc3n2)=N1.Cl.NC(CS)C(=O)O.O=CO[O-].[H-].[K+].[K+]. The fraction of sp³-hybridized carbons (Fsp3) is 0.448. The van der Waals surface area contributed by atoms with Crippen LogP contribution in [0.4, 0.5) is 14.4 Å². The van der Waals surface area contributed by atoms with E-state index in [1.807, 2.05) is 191 Å². The number of hydrogen-bond donors (Lipinski definition) is 5. The first-order chi connectivity index (χ1) is 58.9. The van der Waals surface area contributed by atoms with Gasteiger partial charge in [-0.2, -0.15) is 17.9 Å². The summed E-state index contributed by atoms with van der Waals surface area (Å²) in [6, 6.07) is 37.5. The van der Waals surface area contributed by atoms with E-state index < -0.39 is 52.9 Å². The molecule has 0 saturated carbocycles. The maximum absolute atomic E-state index is 12.0. The Kier molecular flexibility index (Phi) is 53.5. The van der Waals surface area contributed by atoms with E-state index in [0.717, 1.165) is 101 Å². The standard InChI is InChI=1S/C23H29N3O5S.C22H27N3O5S.C19H23N3O3.C18H21N3O3S.C3H7NO2S.CH2O3.CH4.ClH.2K.H/c1-23(2,3)31-22(28)26(4)11-6-12-30-16-8-10-17-15(13-16)7-9-18(24-17)20-25-19(14-32-20)21(27)29-5;1-22(2,3)30-21(28)25(4)10-5-11-29-15-7-9-16-14(12-15)6-8-17(23-16)19-24-18(13-31-19)20(26)27;1-19(2,3)25-18(23)22(4)10-5-11-24-16-8-9-17-14(12-16)6-7-15(13-20)21-17;1-19-8-3-9-24-13-5-7-14-12(10-13)4-6-15(20-14)17-21-16(11-25-17)18(22)23-2;4-2(1-7)3(5)6;2-1-4-3;;;;;/h7-10,13,19H,6,11-12,14H2,1-5H3;6-9,12,18H,5,10-11,13H2,1-4H3,(H,26,27);6-9,12H,5,10-11H2,1-4H3;4-7,10,16,19H,3,8-9,11H2,1-2H3;2,7H,1,4H2,(H,5,6);1,3H;1H4;1H;;;/q;;;;;;;;2*+1;-1/p-1/t19-;18-;;16-;;;;;;;/m11.1......./s1. The Morgan fingerprint density at radius 2 is 0.836 bits per heavy atom. The number of benzene rings is 4. The molecular formula is C87H114ClK2N13O21S4. The zero-order valence-corrected chi connectivity index (χ0v) is 84.9. The maximum Gasteiger partial charge on any atom is 1.00 e. The van der Waals surface area contributed by atoms with Gasteiger partial charge in [-0.15, -0.1) is 47.7 Å². The van der Waals surface area contributed by atoms with Crippen LogP contribution < -0.4 is 138 Å². The number of pyridine rings is 4. The van der Waals surface area contributed by atoms with E-state index in [2.05, 4.69) is 57.7 Å². The van der Waals surface area contributed by atoms with E-state index in [1.165, 1.54) is 49.5 Å². The third-order valence-electron chi connectivity index (χ3n) is 16.8. The molecule has 8 aromatic rings. The number of nitrogens with one attached hydrogen (secondary N) is 1. The molecule has 11 rings (SSSR count). The van der Waals surface area contributed by atoms with Crippen LogP contribution in [0.15, 0.2) is 136 Å². The Morgan fingerprint density at radius 1 is 0.539 bits per heavy atom. The number of carbonyl (C=O) groups excluding carboxylic acids is 6. The van der Waals surface area contributed by atoms with Crippen LogP contribution in [0.1, 0.15) is 120 Å². The first kappa shape index (κ1) is 116. The number of amides is 3. The van der Waals surface area contributed by atoms with Gasteiger partial charge in [0.1, 0.15) is 72.7 Å². The molecule has 41 heteroatoms. The van der Waals surface area contributed by atoms with Crippen LogP contribution in [0.3, 0.4) is 0 Å². The van der Waals surface area contributed by atoms with Gasteiger partial charge in [0.2, 0.25) is 0 Å². The second kappa shape index (κ2) is 58.9. The van der Waals surface area contributed by atoms with Gasteiger partial charge < -0.3 is 90.2 Å². The first-order valence-electron chi connectivity index (χ1n) is 39.2. The number of thiol groups is 1. The number of rotatable bonds is 29. The topological polar surface area (TPSA) is 453 Å². The number of methoxy groups -OCH3 is 2. The van der Waals surface area contributed by atoms with Crippen molar-refractivity contribution in [2.24, 2.45) is 20.7 Å². The van der Waals surface area contributed by atoms with Gasteiger partial charge in [0.25, 0.3) is 6.47 Å². The summed E-state index contributed by atoms with van der Waals surface area (Å²) < 4.78 is 48.6. The van der Waals surface area contributed by atoms with E-state index >= 15 is 0 Å². The van der Waals surface area contributed by atoms with Crippen LogP contribution in [0, 0.1) is 11.3 Å². The third kappa shape index (κ3) is 41.3. The molecule has 0 bridgehead atoms. The summed E-state index contributed by atoms with van der Waals surface area (Å²) in [5.74, 6) is 2.28. The van der Waals surface area contributed by atoms with Crippen LogP contribution in [0.25, 0.3) is 43.6 Å². The van der Waals surface area contributed by atoms with Crippen molar-refractivity contribution < 1.29 is 206 Å². The van der Waals surface area contributed by atoms with Gasteiger partial charge in [0.15, 0.2) is 18.1 Å². The molecule has 4 atom stereocenters. The van der Waals surface area contributed by atoms with E-state index in [0.29, 0.717) is 99.0 Å². The molecule has 3 aliphatic rings. The molecule has 3 amide bonds. The number of aliphatic imine (C=N–C) groups is 3. The van der Waals surface area contributed by atoms with Crippen LogP contribution in [0.2, 0.25) is 0 Å². The molecule has 5 N–H and O–H groups in total. The maximum atomic E-state index is 12.0. The minimum Gasteiger partial charge on any atom is -1.00 e. The predicted octanol–water partition coefficient (Wildman–Crippen LogP) is 6.66. The number of fused-ring (bicyclic) bond motifs is 4. The first-order valence-corrected chi connectivity index (χ1v) is 42.8. The quantitative estimate of drug-likeness (QED) is 0.00478. The smallest absolute Gasteiger partial charge is 1.00 e. The van der Waals surface area contributed by atoms with Gasteiger partial charge >= 0.3 is 145 Å². The Bertz CT molecular complexity index is 5110. The number of nitrogens with two attached hydrogens (primary N) is 1. The van der Waals surface area contributed by atoms with Crippen molar-refractivity contribution in [3.05, 3.63) is 144 Å². The van der Waals surface area contributed by atoms with Crippen molar-refractivity contribution in [1.82, 2.24) is 40.0 Å². The number of ether oxygens (including phenoxy) is 9. The molecule has 4 aromatic heterocycles. The number of carbonyl (C=O) groups is 8. The molecule has 3 aliphatic heterocycles. The number of carboxylic acid groups (broad SMARTS) is 2. The van der Waals surface area contributed by atoms with Gasteiger partial charge in [-0.1, -0.05) is 25.6 Å². The van der Waals surface area contributed by atoms with Gasteiger partial charge in [0.05, 0.1) is 79.8 Å². The summed E-state index contributed by atoms with van der Waals surface area (Å²) in [6.07, 6.45) is 1.99. The summed E-state index contributed by atoms with van der Waals surface area (Å²) in [5.41, 5.74) is 9.28. The second-order valence-corrected chi connectivity index (χ2v) is 33.8. The summed E-state index contributed by atoms with van der Waals surface area (Å²) in [4.78, 5) is 127. The number of thioether (sulfide) groups is 3. The minimum absolute atomic E-state index is 0. The average Bonchev–Trinajstić information content (AvgIpc) is 1.80. The molecule has 0 radical (unpaired) electrons. The van der Waals surface area contributed by atoms with Crippen molar-refractivity contribution in [3.8, 4) is 29.1 Å². The Balaban J connectivity index is 0.000000819. The van der Waals surface area contributed by atoms with E-state index in [9.17, 15) is 33.6 Å². The van der Waals surface area contributed by atoms with Crippen molar-refractivity contribution in [1.29, 1.82) is 5.26 Å². The van der Waals surface area contributed by atoms with Crippen molar-refractivity contribution in [2.75, 3.05) is 118 Å². The van der Waals surface area contributed by atoms with Crippen LogP contribution in [-0.2, 0) is 52.5 Å². The Labute approximate surface area is 857 Å². The molecule has 686 valence electrons. The molecule has 0 aliphatic carbocycles. The van der Waals surface area contributed by atoms with Crippen LogP contribution >= 0.6 is 60.3 Å². The molecular weight excluding hydrogens is 1800 g/mol. The third-order valence-corrected chi connectivity index (χ3v) is 20.4. The molecule has 7 heterocycles. The van der Waals surface area contributed by atoms with E-state index in [-0.39, 0.29) is 166 Å². The number of nitrogens with zero attached hydrogens (tertiary/aromatic N) is 11. The summed E-state index contributed by atoms with van der Waals surface area (Å²) >= 11 is 8.09. The van der Waals surface area contributed by atoms with Gasteiger partial charge in [-0.05, 0) is 205 Å². The zero-order valence-electron chi connectivity index (χ0n) is 75.5. The summed E-state index contributed by atoms with van der Waals surface area (Å²) in [7, 11) is 9.82. The number of esters is 2. The molecule has 4 aromatic carbocycles. The molecule has 0 spiro atoms. The van der Waals surface area contributed by atoms with Crippen molar-refractivity contribution >= 4 is 168 Å². The second-order valence-electron chi connectivity index (χ2n) is 30.4. The molecule has 0 fully saturated rings. The zero-order chi connectivity index (χ0) is 91.3. The molecule has 1 unspecified atom stereocenters. The van der Waals surface area contributed by atoms with Gasteiger partial charge in [-0.25, -0.2) is 48.7 Å². The number of aliphatic carboxylic acids is 2. The van der Waals surface area contributed by atoms with Crippen LogP contribution in [-0.4, -0.2) is 268 Å². The molecule has 0 saturated heterocycles. The van der Waals surface area contributed by atoms with Gasteiger partial charge in [0, 0.05) is 85.3 Å². The fourth-order valence-electron chi connectivity index (χ4n) is 10.7. The molecule has 128 heavy (non-hydrogen) atoms. The average molecular weight is 1920 g/mol. The monoisotopic (exact) mass is 1920 g/mol. The number of hydrogen-bond acceptors (Lipinski definition) is 33. The van der Waals surface area contributed by atoms with Crippen molar-refractivity contribution in [2.45, 2.75) is 136 Å². The minimum atomic E-state index is -1.00. The number of aromatic nitrogens is 4. The number of nitriles is 1. The normalized spacial score (nSPS) is 14.2. The summed E-state index contributed by atoms with van der Waals surface area (Å²) in [5, 5.41) is 43.5. The largest absolute Gasteiger partial charge is 1.00 e. The fourth-order valence-corrected chi connectivity index (χ4v) is 13.8. The molecule has 34 nitrogen and oxygen atoms in total. The van der Waals surface area contributed by atoms with Crippen molar-refractivity contribution in [3.63, 3.8) is 0 Å². The van der Waals surface area contributed by atoms with Gasteiger partial charge in [-0.3, -0.25) is 24.6 Å². The number of halogens is 1. The summed E-state index contributed by atoms with van der Waals surface area (Å²) in [6.45, 7) is 21.1. The number of carboxylic acids is 2. The van der Waals surface area contributed by atoms with E-state index in [1.54, 1.807) is 41.9 Å². The Hall–Kier alpha value is -7.78. The predicted molar refractivity (Wildman–Crippen MR) is 494 cm³/mol.